The molecule has 142 valence electrons. The molecule has 1 atom stereocenters. The lowest BCUT2D eigenvalue weighted by Gasteiger charge is -2.12. The first-order chi connectivity index (χ1) is 13.1. The van der Waals surface area contributed by atoms with Gasteiger partial charge >= 0.3 is 0 Å². The van der Waals surface area contributed by atoms with E-state index in [1.807, 2.05) is 13.0 Å². The summed E-state index contributed by atoms with van der Waals surface area (Å²) in [5, 5.41) is 16.9. The third-order valence-corrected chi connectivity index (χ3v) is 6.92. The number of carbonyl (C=O) groups excluding carboxylic acids is 1. The van der Waals surface area contributed by atoms with Crippen molar-refractivity contribution in [2.24, 2.45) is 0 Å². The number of hydrogen-bond donors (Lipinski definition) is 2. The molecule has 0 fully saturated rings. The van der Waals surface area contributed by atoms with Gasteiger partial charge in [-0.25, -0.2) is 4.39 Å². The van der Waals surface area contributed by atoms with E-state index in [9.17, 15) is 9.18 Å². The lowest BCUT2D eigenvalue weighted by atomic mass is 10.2. The number of anilines is 2. The normalized spacial score (nSPS) is 11.9. The number of aromatic nitrogens is 2. The monoisotopic (exact) mass is 422 g/mol. The van der Waals surface area contributed by atoms with Gasteiger partial charge in [-0.05, 0) is 48.6 Å². The molecular formula is C18H19FN4OS3. The van der Waals surface area contributed by atoms with Crippen LogP contribution in [0, 0.1) is 5.82 Å². The van der Waals surface area contributed by atoms with Gasteiger partial charge < -0.3 is 10.6 Å². The fraction of sp³-hybridized carbons (Fsp3) is 0.278. The zero-order chi connectivity index (χ0) is 19.1. The van der Waals surface area contributed by atoms with Crippen molar-refractivity contribution < 1.29 is 9.18 Å². The Morgan fingerprint density at radius 3 is 2.78 bits per heavy atom. The SMILES string of the molecule is CCC(Sc1nnc(NCCc2cccs2)s1)C(=O)Nc1ccc(F)cc1. The third-order valence-electron chi connectivity index (χ3n) is 3.65. The van der Waals surface area contributed by atoms with Crippen LogP contribution < -0.4 is 10.6 Å². The first-order valence-corrected chi connectivity index (χ1v) is 11.0. The Hall–Kier alpha value is -1.97. The van der Waals surface area contributed by atoms with Crippen molar-refractivity contribution in [1.82, 2.24) is 10.2 Å². The predicted octanol–water partition coefficient (Wildman–Crippen LogP) is 4.90. The first-order valence-electron chi connectivity index (χ1n) is 8.47. The number of carbonyl (C=O) groups is 1. The molecule has 2 aromatic heterocycles. The van der Waals surface area contributed by atoms with E-state index in [4.69, 9.17) is 0 Å². The van der Waals surface area contributed by atoms with Gasteiger partial charge in [0.2, 0.25) is 11.0 Å². The fourth-order valence-electron chi connectivity index (χ4n) is 2.28. The molecule has 27 heavy (non-hydrogen) atoms. The second kappa shape index (κ2) is 9.82. The van der Waals surface area contributed by atoms with Gasteiger partial charge in [0.1, 0.15) is 5.82 Å². The van der Waals surface area contributed by atoms with E-state index in [1.165, 1.54) is 40.1 Å². The van der Waals surface area contributed by atoms with Gasteiger partial charge in [-0.2, -0.15) is 0 Å². The van der Waals surface area contributed by atoms with Crippen molar-refractivity contribution in [1.29, 1.82) is 0 Å². The summed E-state index contributed by atoms with van der Waals surface area (Å²) in [6.45, 7) is 2.74. The van der Waals surface area contributed by atoms with E-state index in [1.54, 1.807) is 23.5 Å². The molecule has 1 aromatic carbocycles. The second-order valence-corrected chi connectivity index (χ2v) is 9.10. The highest BCUT2D eigenvalue weighted by Gasteiger charge is 2.20. The van der Waals surface area contributed by atoms with Crippen LogP contribution in [0.25, 0.3) is 0 Å². The Morgan fingerprint density at radius 1 is 1.26 bits per heavy atom. The summed E-state index contributed by atoms with van der Waals surface area (Å²) >= 11 is 4.57. The number of thiophene rings is 1. The number of rotatable bonds is 9. The van der Waals surface area contributed by atoms with Gasteiger partial charge in [0.15, 0.2) is 4.34 Å². The molecule has 3 aromatic rings. The van der Waals surface area contributed by atoms with Crippen LogP contribution in [0.3, 0.4) is 0 Å². The summed E-state index contributed by atoms with van der Waals surface area (Å²) in [5.41, 5.74) is 0.577. The molecule has 0 saturated carbocycles. The Balaban J connectivity index is 1.50. The quantitative estimate of drug-likeness (QED) is 0.480. The summed E-state index contributed by atoms with van der Waals surface area (Å²) in [6, 6.07) is 9.89. The summed E-state index contributed by atoms with van der Waals surface area (Å²) in [7, 11) is 0. The largest absolute Gasteiger partial charge is 0.360 e. The highest BCUT2D eigenvalue weighted by atomic mass is 32.2. The molecule has 2 heterocycles. The molecule has 9 heteroatoms. The van der Waals surface area contributed by atoms with Crippen LogP contribution >= 0.6 is 34.4 Å². The molecule has 0 aliphatic rings. The first kappa shape index (κ1) is 19.8. The van der Waals surface area contributed by atoms with Crippen molar-refractivity contribution in [2.75, 3.05) is 17.2 Å². The minimum Gasteiger partial charge on any atom is -0.360 e. The van der Waals surface area contributed by atoms with Crippen molar-refractivity contribution in [3.8, 4) is 0 Å². The third kappa shape index (κ3) is 6.02. The van der Waals surface area contributed by atoms with Crippen molar-refractivity contribution >= 4 is 51.2 Å². The number of thioether (sulfide) groups is 1. The fourth-order valence-corrected chi connectivity index (χ4v) is 4.93. The van der Waals surface area contributed by atoms with Crippen molar-refractivity contribution in [2.45, 2.75) is 29.4 Å². The summed E-state index contributed by atoms with van der Waals surface area (Å²) in [4.78, 5) is 13.8. The molecule has 1 amide bonds. The Labute approximate surface area is 169 Å². The van der Waals surface area contributed by atoms with E-state index >= 15 is 0 Å². The minimum atomic E-state index is -0.331. The Morgan fingerprint density at radius 2 is 2.07 bits per heavy atom. The molecule has 0 radical (unpaired) electrons. The van der Waals surface area contributed by atoms with Crippen LogP contribution in [0.1, 0.15) is 18.2 Å². The lowest BCUT2D eigenvalue weighted by molar-refractivity contribution is -0.115. The molecule has 0 aliphatic heterocycles. The van der Waals surface area contributed by atoms with Crippen molar-refractivity contribution in [3.63, 3.8) is 0 Å². The Kier molecular flexibility index (Phi) is 7.19. The van der Waals surface area contributed by atoms with Gasteiger partial charge in [0.05, 0.1) is 5.25 Å². The van der Waals surface area contributed by atoms with Gasteiger partial charge in [0.25, 0.3) is 0 Å². The number of halogens is 1. The number of amides is 1. The van der Waals surface area contributed by atoms with Gasteiger partial charge in [-0.1, -0.05) is 36.1 Å². The second-order valence-electron chi connectivity index (χ2n) is 5.64. The average Bonchev–Trinajstić information content (AvgIpc) is 3.34. The van der Waals surface area contributed by atoms with Crippen LogP contribution in [0.15, 0.2) is 46.1 Å². The van der Waals surface area contributed by atoms with E-state index in [0.29, 0.717) is 12.1 Å². The standard InChI is InChI=1S/C18H19FN4OS3/c1-2-15(16(24)21-13-7-5-12(19)6-8-13)26-18-23-22-17(27-18)20-10-9-14-4-3-11-25-14/h3-8,11,15H,2,9-10H2,1H3,(H,20,22)(H,21,24). The van der Waals surface area contributed by atoms with E-state index in [0.717, 1.165) is 22.4 Å². The van der Waals surface area contributed by atoms with E-state index < -0.39 is 0 Å². The Bertz CT molecular complexity index is 852. The summed E-state index contributed by atoms with van der Waals surface area (Å²) < 4.78 is 13.7. The number of hydrogen-bond acceptors (Lipinski definition) is 7. The number of nitrogens with zero attached hydrogens (tertiary/aromatic N) is 2. The van der Waals surface area contributed by atoms with Crippen LogP contribution in [0.2, 0.25) is 0 Å². The molecular weight excluding hydrogens is 403 g/mol. The zero-order valence-corrected chi connectivity index (χ0v) is 17.1. The van der Waals surface area contributed by atoms with E-state index in [-0.39, 0.29) is 17.0 Å². The van der Waals surface area contributed by atoms with Crippen molar-refractivity contribution in [3.05, 3.63) is 52.5 Å². The molecule has 1 unspecified atom stereocenters. The minimum absolute atomic E-state index is 0.128. The topological polar surface area (TPSA) is 66.9 Å². The van der Waals surface area contributed by atoms with Crippen LogP contribution in [-0.4, -0.2) is 27.9 Å². The highest BCUT2D eigenvalue weighted by molar-refractivity contribution is 8.02. The van der Waals surface area contributed by atoms with Gasteiger partial charge in [-0.15, -0.1) is 21.5 Å². The molecule has 0 saturated heterocycles. The maximum atomic E-state index is 13.0. The molecule has 2 N–H and O–H groups in total. The average molecular weight is 423 g/mol. The van der Waals surface area contributed by atoms with Crippen LogP contribution in [0.5, 0.6) is 0 Å². The smallest absolute Gasteiger partial charge is 0.237 e. The molecule has 0 aliphatic carbocycles. The molecule has 0 bridgehead atoms. The molecule has 0 spiro atoms. The zero-order valence-electron chi connectivity index (χ0n) is 14.6. The predicted molar refractivity (Wildman–Crippen MR) is 111 cm³/mol. The lowest BCUT2D eigenvalue weighted by Crippen LogP contribution is -2.24. The highest BCUT2D eigenvalue weighted by Crippen LogP contribution is 2.31. The summed E-state index contributed by atoms with van der Waals surface area (Å²) in [5.74, 6) is -0.459. The maximum absolute atomic E-state index is 13.0. The van der Waals surface area contributed by atoms with Gasteiger partial charge in [0, 0.05) is 17.1 Å². The van der Waals surface area contributed by atoms with E-state index in [2.05, 4.69) is 32.3 Å². The molecule has 5 nitrogen and oxygen atoms in total. The van der Waals surface area contributed by atoms with Crippen LogP contribution in [-0.2, 0) is 11.2 Å². The van der Waals surface area contributed by atoms with Gasteiger partial charge in [-0.3, -0.25) is 4.79 Å². The number of benzene rings is 1. The molecule has 3 rings (SSSR count). The van der Waals surface area contributed by atoms with Crippen LogP contribution in [0.4, 0.5) is 15.2 Å². The number of nitrogens with one attached hydrogen (secondary N) is 2. The maximum Gasteiger partial charge on any atom is 0.237 e. The summed E-state index contributed by atoms with van der Waals surface area (Å²) in [6.07, 6.45) is 1.59.